The summed E-state index contributed by atoms with van der Waals surface area (Å²) in [6, 6.07) is 10.0. The predicted octanol–water partition coefficient (Wildman–Crippen LogP) is 2.83. The molecule has 1 aromatic rings. The quantitative estimate of drug-likeness (QED) is 0.822. The normalized spacial score (nSPS) is 33.7. The maximum Gasteiger partial charge on any atom is 0.310 e. The molecule has 0 bridgehead atoms. The van der Waals surface area contributed by atoms with Crippen LogP contribution in [0.15, 0.2) is 30.3 Å². The van der Waals surface area contributed by atoms with Gasteiger partial charge in [0.2, 0.25) is 0 Å². The van der Waals surface area contributed by atoms with Crippen molar-refractivity contribution in [2.24, 2.45) is 5.41 Å². The van der Waals surface area contributed by atoms with Crippen LogP contribution in [0.25, 0.3) is 0 Å². The number of carbonyl (C=O) groups is 1. The van der Waals surface area contributed by atoms with Crippen molar-refractivity contribution in [2.45, 2.75) is 32.1 Å². The van der Waals surface area contributed by atoms with Crippen LogP contribution in [0.2, 0.25) is 0 Å². The highest BCUT2D eigenvalue weighted by Gasteiger charge is 2.68. The van der Waals surface area contributed by atoms with Gasteiger partial charge in [-0.25, -0.2) is 0 Å². The van der Waals surface area contributed by atoms with Crippen LogP contribution in [-0.2, 0) is 10.2 Å². The molecule has 80 valence electrons. The molecule has 1 aliphatic rings. The molecule has 15 heavy (non-hydrogen) atoms. The molecule has 0 spiro atoms. The lowest BCUT2D eigenvalue weighted by atomic mass is 9.85. The molecule has 1 aromatic carbocycles. The summed E-state index contributed by atoms with van der Waals surface area (Å²) in [5.41, 5.74) is 0.459. The molecule has 2 nitrogen and oxygen atoms in total. The Kier molecular flexibility index (Phi) is 2.10. The Bertz CT molecular complexity index is 385. The van der Waals surface area contributed by atoms with E-state index in [1.165, 1.54) is 0 Å². The molecule has 2 atom stereocenters. The van der Waals surface area contributed by atoms with Gasteiger partial charge in [0.05, 0.1) is 5.41 Å². The summed E-state index contributed by atoms with van der Waals surface area (Å²) in [5.74, 6) is -0.673. The molecule has 0 radical (unpaired) electrons. The summed E-state index contributed by atoms with van der Waals surface area (Å²) in [4.78, 5) is 11.2. The van der Waals surface area contributed by atoms with E-state index >= 15 is 0 Å². The van der Waals surface area contributed by atoms with Crippen LogP contribution in [0.3, 0.4) is 0 Å². The van der Waals surface area contributed by atoms with Crippen molar-refractivity contribution in [3.63, 3.8) is 0 Å². The fourth-order valence-electron chi connectivity index (χ4n) is 2.74. The summed E-state index contributed by atoms with van der Waals surface area (Å²) in [5, 5.41) is 9.24. The number of hydrogen-bond acceptors (Lipinski definition) is 1. The van der Waals surface area contributed by atoms with E-state index < -0.39 is 11.4 Å². The van der Waals surface area contributed by atoms with Crippen LogP contribution in [-0.4, -0.2) is 11.1 Å². The maximum atomic E-state index is 11.2. The molecule has 0 aromatic heterocycles. The van der Waals surface area contributed by atoms with Gasteiger partial charge in [-0.3, -0.25) is 4.79 Å². The molecule has 0 saturated heterocycles. The molecule has 2 rings (SSSR count). The molecule has 0 heterocycles. The van der Waals surface area contributed by atoms with Crippen LogP contribution in [0, 0.1) is 5.41 Å². The van der Waals surface area contributed by atoms with E-state index in [4.69, 9.17) is 0 Å². The second-order valence-electron chi connectivity index (χ2n) is 4.62. The van der Waals surface area contributed by atoms with Crippen LogP contribution < -0.4 is 0 Å². The van der Waals surface area contributed by atoms with Gasteiger partial charge in [-0.1, -0.05) is 37.3 Å². The van der Waals surface area contributed by atoms with Crippen molar-refractivity contribution in [3.05, 3.63) is 35.9 Å². The number of benzene rings is 1. The van der Waals surface area contributed by atoms with Gasteiger partial charge >= 0.3 is 5.97 Å². The minimum absolute atomic E-state index is 0.139. The highest BCUT2D eigenvalue weighted by molar-refractivity contribution is 5.82. The summed E-state index contributed by atoms with van der Waals surface area (Å²) in [6.45, 7) is 3.92. The van der Waals surface area contributed by atoms with Crippen molar-refractivity contribution in [1.82, 2.24) is 0 Å². The summed E-state index contributed by atoms with van der Waals surface area (Å²) < 4.78 is 0. The van der Waals surface area contributed by atoms with Crippen LogP contribution in [0.4, 0.5) is 0 Å². The van der Waals surface area contributed by atoms with Gasteiger partial charge in [0.15, 0.2) is 0 Å². The molecule has 2 unspecified atom stereocenters. The second kappa shape index (κ2) is 3.09. The second-order valence-corrected chi connectivity index (χ2v) is 4.62. The van der Waals surface area contributed by atoms with Gasteiger partial charge in [-0.05, 0) is 25.3 Å². The number of rotatable bonds is 3. The van der Waals surface area contributed by atoms with E-state index in [9.17, 15) is 9.90 Å². The van der Waals surface area contributed by atoms with E-state index in [2.05, 4.69) is 6.92 Å². The topological polar surface area (TPSA) is 37.3 Å². The largest absolute Gasteiger partial charge is 0.481 e. The van der Waals surface area contributed by atoms with Crippen LogP contribution >= 0.6 is 0 Å². The summed E-state index contributed by atoms with van der Waals surface area (Å²) in [7, 11) is 0. The van der Waals surface area contributed by atoms with Gasteiger partial charge in [-0.15, -0.1) is 0 Å². The lowest BCUT2D eigenvalue weighted by molar-refractivity contribution is -0.143. The van der Waals surface area contributed by atoms with E-state index in [1.54, 1.807) is 0 Å². The van der Waals surface area contributed by atoms with Crippen molar-refractivity contribution >= 4 is 5.97 Å². The highest BCUT2D eigenvalue weighted by atomic mass is 16.4. The molecule has 1 aliphatic carbocycles. The van der Waals surface area contributed by atoms with Gasteiger partial charge in [0.1, 0.15) is 0 Å². The zero-order valence-corrected chi connectivity index (χ0v) is 9.16. The number of hydrogen-bond donors (Lipinski definition) is 1. The average Bonchev–Trinajstić information content (AvgIpc) is 2.89. The highest BCUT2D eigenvalue weighted by Crippen LogP contribution is 2.66. The molecule has 1 saturated carbocycles. The molecular formula is C13H16O2. The Hall–Kier alpha value is -1.31. The van der Waals surface area contributed by atoms with E-state index in [-0.39, 0.29) is 5.41 Å². The van der Waals surface area contributed by atoms with E-state index in [0.717, 1.165) is 18.4 Å². The molecular weight excluding hydrogens is 188 g/mol. The lowest BCUT2D eigenvalue weighted by Gasteiger charge is -2.19. The van der Waals surface area contributed by atoms with Crippen molar-refractivity contribution in [3.8, 4) is 0 Å². The van der Waals surface area contributed by atoms with Gasteiger partial charge in [0.25, 0.3) is 0 Å². The van der Waals surface area contributed by atoms with Crippen LogP contribution in [0.1, 0.15) is 32.3 Å². The van der Waals surface area contributed by atoms with E-state index in [0.29, 0.717) is 0 Å². The average molecular weight is 204 g/mol. The van der Waals surface area contributed by atoms with Gasteiger partial charge in [0, 0.05) is 5.41 Å². The third kappa shape index (κ3) is 1.21. The maximum absolute atomic E-state index is 11.2. The Morgan fingerprint density at radius 1 is 1.40 bits per heavy atom. The van der Waals surface area contributed by atoms with E-state index in [1.807, 2.05) is 37.3 Å². The number of carboxylic acids is 1. The summed E-state index contributed by atoms with van der Waals surface area (Å²) >= 11 is 0. The molecule has 2 heteroatoms. The predicted molar refractivity (Wildman–Crippen MR) is 58.8 cm³/mol. The SMILES string of the molecule is CCC1(c2ccccc2)CC1(C)C(=O)O. The minimum atomic E-state index is -0.673. The number of aliphatic carboxylic acids is 1. The monoisotopic (exact) mass is 204 g/mol. The fourth-order valence-corrected chi connectivity index (χ4v) is 2.74. The first-order valence-electron chi connectivity index (χ1n) is 5.36. The first-order valence-corrected chi connectivity index (χ1v) is 5.36. The Morgan fingerprint density at radius 2 is 2.00 bits per heavy atom. The summed E-state index contributed by atoms with van der Waals surface area (Å²) in [6.07, 6.45) is 1.65. The lowest BCUT2D eigenvalue weighted by Crippen LogP contribution is -2.23. The fraction of sp³-hybridized carbons (Fsp3) is 0.462. The Labute approximate surface area is 89.9 Å². The third-order valence-electron chi connectivity index (χ3n) is 3.99. The zero-order chi connectivity index (χ0) is 11.1. The molecule has 0 aliphatic heterocycles. The van der Waals surface area contributed by atoms with Gasteiger partial charge in [-0.2, -0.15) is 0 Å². The first kappa shape index (κ1) is 10.2. The molecule has 1 fully saturated rings. The van der Waals surface area contributed by atoms with Crippen molar-refractivity contribution in [2.75, 3.05) is 0 Å². The smallest absolute Gasteiger partial charge is 0.310 e. The number of carboxylic acid groups (broad SMARTS) is 1. The molecule has 0 amide bonds. The van der Waals surface area contributed by atoms with Crippen molar-refractivity contribution < 1.29 is 9.90 Å². The zero-order valence-electron chi connectivity index (χ0n) is 9.16. The minimum Gasteiger partial charge on any atom is -0.481 e. The molecule has 1 N–H and O–H groups in total. The Balaban J connectivity index is 2.40. The first-order chi connectivity index (χ1) is 7.07. The third-order valence-corrected chi connectivity index (χ3v) is 3.99. The Morgan fingerprint density at radius 3 is 2.40 bits per heavy atom. The van der Waals surface area contributed by atoms with Crippen molar-refractivity contribution in [1.29, 1.82) is 0 Å². The van der Waals surface area contributed by atoms with Gasteiger partial charge < -0.3 is 5.11 Å². The van der Waals surface area contributed by atoms with Crippen LogP contribution in [0.5, 0.6) is 0 Å². The standard InChI is InChI=1S/C13H16O2/c1-3-13(9-12(13,2)11(14)15)10-7-5-4-6-8-10/h4-8H,3,9H2,1-2H3,(H,14,15).